The molecule has 4 nitrogen and oxygen atoms in total. The molecule has 2 rings (SSSR count). The molecule has 1 aliphatic rings. The van der Waals surface area contributed by atoms with E-state index < -0.39 is 0 Å². The predicted octanol–water partition coefficient (Wildman–Crippen LogP) is 3.38. The van der Waals surface area contributed by atoms with Gasteiger partial charge in [-0.15, -0.1) is 11.8 Å². The standard InChI is InChI=1S/C16H22N2O2S/c1-4-6-9-18(5-2)16(20)12-7-8-14-13(10-12)17-15(19)11(3)21-14/h7-8,10-11H,4-6,9H2,1-3H3,(H,17,19)/t11-/m0/s1. The Balaban J connectivity index is 2.19. The van der Waals surface area contributed by atoms with Gasteiger partial charge in [-0.3, -0.25) is 9.59 Å². The molecule has 0 spiro atoms. The molecule has 0 saturated carbocycles. The predicted molar refractivity (Wildman–Crippen MR) is 86.9 cm³/mol. The van der Waals surface area contributed by atoms with Gasteiger partial charge in [-0.05, 0) is 38.5 Å². The van der Waals surface area contributed by atoms with Gasteiger partial charge in [-0.2, -0.15) is 0 Å². The lowest BCUT2D eigenvalue weighted by molar-refractivity contribution is -0.115. The Morgan fingerprint density at radius 2 is 2.14 bits per heavy atom. The van der Waals surface area contributed by atoms with Crippen molar-refractivity contribution in [1.29, 1.82) is 0 Å². The van der Waals surface area contributed by atoms with E-state index in [1.165, 1.54) is 11.8 Å². The molecule has 1 aromatic carbocycles. The molecule has 114 valence electrons. The van der Waals surface area contributed by atoms with E-state index in [1.807, 2.05) is 30.9 Å². The smallest absolute Gasteiger partial charge is 0.253 e. The molecular weight excluding hydrogens is 284 g/mol. The van der Waals surface area contributed by atoms with Gasteiger partial charge in [-0.25, -0.2) is 0 Å². The zero-order valence-corrected chi connectivity index (χ0v) is 13.6. The summed E-state index contributed by atoms with van der Waals surface area (Å²) >= 11 is 1.53. The number of amides is 2. The molecular formula is C16H22N2O2S. The second-order valence-electron chi connectivity index (χ2n) is 5.20. The van der Waals surface area contributed by atoms with Crippen LogP contribution in [0.2, 0.25) is 0 Å². The topological polar surface area (TPSA) is 49.4 Å². The van der Waals surface area contributed by atoms with Crippen LogP contribution in [0.15, 0.2) is 23.1 Å². The number of carbonyl (C=O) groups is 2. The average molecular weight is 306 g/mol. The van der Waals surface area contributed by atoms with Crippen LogP contribution in [0.4, 0.5) is 5.69 Å². The van der Waals surface area contributed by atoms with Crippen molar-refractivity contribution in [2.45, 2.75) is 43.8 Å². The second kappa shape index (κ2) is 6.98. The van der Waals surface area contributed by atoms with Crippen molar-refractivity contribution < 1.29 is 9.59 Å². The van der Waals surface area contributed by atoms with Crippen molar-refractivity contribution >= 4 is 29.3 Å². The molecule has 0 fully saturated rings. The van der Waals surface area contributed by atoms with E-state index in [1.54, 1.807) is 6.07 Å². The number of carbonyl (C=O) groups excluding carboxylic acids is 2. The number of hydrogen-bond acceptors (Lipinski definition) is 3. The first kappa shape index (κ1) is 15.9. The zero-order valence-electron chi connectivity index (χ0n) is 12.8. The van der Waals surface area contributed by atoms with E-state index >= 15 is 0 Å². The Bertz CT molecular complexity index is 545. The summed E-state index contributed by atoms with van der Waals surface area (Å²) in [6, 6.07) is 5.58. The summed E-state index contributed by atoms with van der Waals surface area (Å²) in [6.07, 6.45) is 2.08. The highest BCUT2D eigenvalue weighted by Gasteiger charge is 2.24. The molecule has 1 atom stereocenters. The molecule has 21 heavy (non-hydrogen) atoms. The molecule has 1 aliphatic heterocycles. The van der Waals surface area contributed by atoms with Crippen LogP contribution >= 0.6 is 11.8 Å². The van der Waals surface area contributed by atoms with Gasteiger partial charge in [0, 0.05) is 23.5 Å². The molecule has 2 amide bonds. The number of unbranched alkanes of at least 4 members (excludes halogenated alkanes) is 1. The van der Waals surface area contributed by atoms with Gasteiger partial charge in [0.2, 0.25) is 5.91 Å². The van der Waals surface area contributed by atoms with Crippen LogP contribution in [0, 0.1) is 0 Å². The van der Waals surface area contributed by atoms with Crippen LogP contribution in [0.1, 0.15) is 44.0 Å². The molecule has 0 aromatic heterocycles. The molecule has 0 radical (unpaired) electrons. The summed E-state index contributed by atoms with van der Waals surface area (Å²) in [5.41, 5.74) is 1.39. The number of nitrogens with one attached hydrogen (secondary N) is 1. The summed E-state index contributed by atoms with van der Waals surface area (Å²) in [5.74, 6) is 0.0297. The van der Waals surface area contributed by atoms with Crippen LogP contribution in [-0.2, 0) is 4.79 Å². The lowest BCUT2D eigenvalue weighted by atomic mass is 10.1. The van der Waals surface area contributed by atoms with E-state index in [9.17, 15) is 9.59 Å². The first-order valence-corrected chi connectivity index (χ1v) is 8.35. The SMILES string of the molecule is CCCCN(CC)C(=O)c1ccc2c(c1)NC(=O)[C@H](C)S2. The third-order valence-corrected chi connectivity index (χ3v) is 4.79. The van der Waals surface area contributed by atoms with Crippen LogP contribution in [0.25, 0.3) is 0 Å². The summed E-state index contributed by atoms with van der Waals surface area (Å²) in [4.78, 5) is 27.1. The maximum absolute atomic E-state index is 12.5. The normalized spacial score (nSPS) is 17.1. The van der Waals surface area contributed by atoms with Crippen LogP contribution in [-0.4, -0.2) is 35.1 Å². The minimum absolute atomic E-state index is 0.00423. The van der Waals surface area contributed by atoms with Crippen molar-refractivity contribution in [2.75, 3.05) is 18.4 Å². The van der Waals surface area contributed by atoms with Crippen molar-refractivity contribution in [2.24, 2.45) is 0 Å². The van der Waals surface area contributed by atoms with E-state index in [0.29, 0.717) is 12.1 Å². The monoisotopic (exact) mass is 306 g/mol. The Kier molecular flexibility index (Phi) is 5.28. The maximum atomic E-state index is 12.5. The minimum Gasteiger partial charge on any atom is -0.339 e. The number of fused-ring (bicyclic) bond motifs is 1. The molecule has 1 heterocycles. The highest BCUT2D eigenvalue weighted by molar-refractivity contribution is 8.00. The fourth-order valence-electron chi connectivity index (χ4n) is 2.28. The Labute approximate surface area is 130 Å². The largest absolute Gasteiger partial charge is 0.339 e. The molecule has 0 saturated heterocycles. The number of rotatable bonds is 5. The van der Waals surface area contributed by atoms with Crippen LogP contribution in [0.3, 0.4) is 0 Å². The summed E-state index contributed by atoms with van der Waals surface area (Å²) in [7, 11) is 0. The number of anilines is 1. The average Bonchev–Trinajstić information content (AvgIpc) is 2.48. The van der Waals surface area contributed by atoms with Gasteiger partial charge >= 0.3 is 0 Å². The van der Waals surface area contributed by atoms with E-state index in [0.717, 1.165) is 30.0 Å². The van der Waals surface area contributed by atoms with Gasteiger partial charge in [0.05, 0.1) is 10.9 Å². The Hall–Kier alpha value is -1.49. The van der Waals surface area contributed by atoms with E-state index in [-0.39, 0.29) is 17.1 Å². The molecule has 1 N–H and O–H groups in total. The van der Waals surface area contributed by atoms with E-state index in [2.05, 4.69) is 12.2 Å². The third-order valence-electron chi connectivity index (χ3n) is 3.61. The zero-order chi connectivity index (χ0) is 15.4. The van der Waals surface area contributed by atoms with Gasteiger partial charge in [0.25, 0.3) is 5.91 Å². The first-order chi connectivity index (χ1) is 10.1. The van der Waals surface area contributed by atoms with Crippen molar-refractivity contribution in [3.8, 4) is 0 Å². The highest BCUT2D eigenvalue weighted by Crippen LogP contribution is 2.36. The van der Waals surface area contributed by atoms with Gasteiger partial charge in [0.15, 0.2) is 0 Å². The first-order valence-electron chi connectivity index (χ1n) is 7.47. The minimum atomic E-state index is -0.0873. The Morgan fingerprint density at radius 3 is 2.81 bits per heavy atom. The van der Waals surface area contributed by atoms with Crippen molar-refractivity contribution in [3.05, 3.63) is 23.8 Å². The van der Waals surface area contributed by atoms with Crippen molar-refractivity contribution in [3.63, 3.8) is 0 Å². The van der Waals surface area contributed by atoms with Gasteiger partial charge in [0.1, 0.15) is 0 Å². The number of hydrogen-bond donors (Lipinski definition) is 1. The van der Waals surface area contributed by atoms with Crippen LogP contribution < -0.4 is 5.32 Å². The second-order valence-corrected chi connectivity index (χ2v) is 6.58. The Morgan fingerprint density at radius 1 is 1.38 bits per heavy atom. The van der Waals surface area contributed by atoms with Gasteiger partial charge < -0.3 is 10.2 Å². The lowest BCUT2D eigenvalue weighted by Crippen LogP contribution is -2.32. The summed E-state index contributed by atoms with van der Waals surface area (Å²) in [5, 5.41) is 2.79. The summed E-state index contributed by atoms with van der Waals surface area (Å²) < 4.78 is 0. The number of benzene rings is 1. The molecule has 5 heteroatoms. The lowest BCUT2D eigenvalue weighted by Gasteiger charge is -2.24. The number of nitrogens with zero attached hydrogens (tertiary/aromatic N) is 1. The van der Waals surface area contributed by atoms with Crippen LogP contribution in [0.5, 0.6) is 0 Å². The van der Waals surface area contributed by atoms with Gasteiger partial charge in [-0.1, -0.05) is 13.3 Å². The highest BCUT2D eigenvalue weighted by atomic mass is 32.2. The number of thioether (sulfide) groups is 1. The fraction of sp³-hybridized carbons (Fsp3) is 0.500. The molecule has 1 aromatic rings. The third kappa shape index (κ3) is 3.59. The molecule has 0 bridgehead atoms. The van der Waals surface area contributed by atoms with E-state index in [4.69, 9.17) is 0 Å². The fourth-order valence-corrected chi connectivity index (χ4v) is 3.21. The quantitative estimate of drug-likeness (QED) is 0.907. The maximum Gasteiger partial charge on any atom is 0.253 e. The molecule has 0 unspecified atom stereocenters. The molecule has 0 aliphatic carbocycles. The summed E-state index contributed by atoms with van der Waals surface area (Å²) in [6.45, 7) is 7.47. The van der Waals surface area contributed by atoms with Crippen molar-refractivity contribution in [1.82, 2.24) is 4.90 Å².